The van der Waals surface area contributed by atoms with E-state index in [4.69, 9.17) is 9.47 Å². The number of methoxy groups -OCH3 is 1. The number of carbonyl (C=O) groups excluding carboxylic acids is 2. The van der Waals surface area contributed by atoms with Gasteiger partial charge in [-0.25, -0.2) is 9.59 Å². The fourth-order valence-corrected chi connectivity index (χ4v) is 4.20. The van der Waals surface area contributed by atoms with Gasteiger partial charge in [0.2, 0.25) is 0 Å². The molecule has 0 heterocycles. The number of aliphatic carboxylic acids is 1. The number of hydrogen-bond donors (Lipinski definition) is 3. The van der Waals surface area contributed by atoms with Crippen LogP contribution in [0.15, 0.2) is 72.8 Å². The maximum Gasteiger partial charge on any atom is 0.411 e. The summed E-state index contributed by atoms with van der Waals surface area (Å²) in [6, 6.07) is 21.1. The highest BCUT2D eigenvalue weighted by Gasteiger charge is 2.29. The Hall–Kier alpha value is -4.17. The number of anilines is 1. The topological polar surface area (TPSA) is 114 Å². The molecular formula is C27H26N2O6. The number of carboxylic acids is 1. The van der Waals surface area contributed by atoms with Gasteiger partial charge in [0, 0.05) is 24.3 Å². The Morgan fingerprint density at radius 3 is 2.03 bits per heavy atom. The monoisotopic (exact) mass is 474 g/mol. The van der Waals surface area contributed by atoms with E-state index in [0.717, 1.165) is 22.3 Å². The summed E-state index contributed by atoms with van der Waals surface area (Å²) in [6.45, 7) is 1.75. The highest BCUT2D eigenvalue weighted by Crippen LogP contribution is 2.44. The van der Waals surface area contributed by atoms with Crippen LogP contribution in [0.4, 0.5) is 10.5 Å². The molecule has 8 heteroatoms. The third-order valence-corrected chi connectivity index (χ3v) is 6.13. The van der Waals surface area contributed by atoms with Crippen molar-refractivity contribution >= 4 is 23.7 Å². The van der Waals surface area contributed by atoms with E-state index in [0.29, 0.717) is 5.69 Å². The minimum absolute atomic E-state index is 0.0455. The van der Waals surface area contributed by atoms with Crippen molar-refractivity contribution in [1.82, 2.24) is 5.32 Å². The van der Waals surface area contributed by atoms with E-state index < -0.39 is 30.1 Å². The van der Waals surface area contributed by atoms with Gasteiger partial charge >= 0.3 is 12.1 Å². The molecule has 0 unspecified atom stereocenters. The van der Waals surface area contributed by atoms with Gasteiger partial charge in [-0.1, -0.05) is 48.5 Å². The largest absolute Gasteiger partial charge is 0.480 e. The van der Waals surface area contributed by atoms with E-state index in [9.17, 15) is 19.5 Å². The quantitative estimate of drug-likeness (QED) is 0.449. The Kier molecular flexibility index (Phi) is 7.12. The summed E-state index contributed by atoms with van der Waals surface area (Å²) in [7, 11) is 1.37. The van der Waals surface area contributed by atoms with Gasteiger partial charge in [0.1, 0.15) is 6.61 Å². The molecule has 3 N–H and O–H groups in total. The van der Waals surface area contributed by atoms with Gasteiger partial charge in [-0.15, -0.1) is 0 Å². The smallest absolute Gasteiger partial charge is 0.411 e. The lowest BCUT2D eigenvalue weighted by Crippen LogP contribution is -2.48. The van der Waals surface area contributed by atoms with Crippen LogP contribution in [0.2, 0.25) is 0 Å². The van der Waals surface area contributed by atoms with Crippen LogP contribution in [0.3, 0.4) is 0 Å². The lowest BCUT2D eigenvalue weighted by atomic mass is 9.98. The van der Waals surface area contributed by atoms with Crippen molar-refractivity contribution in [3.63, 3.8) is 0 Å². The van der Waals surface area contributed by atoms with Gasteiger partial charge < -0.3 is 19.9 Å². The molecule has 3 aromatic rings. The first-order valence-electron chi connectivity index (χ1n) is 11.2. The van der Waals surface area contributed by atoms with Crippen molar-refractivity contribution in [1.29, 1.82) is 0 Å². The molecule has 2 amide bonds. The number of carboxylic acid groups (broad SMARTS) is 1. The Labute approximate surface area is 202 Å². The number of rotatable bonds is 8. The summed E-state index contributed by atoms with van der Waals surface area (Å²) < 4.78 is 10.5. The minimum atomic E-state index is -1.19. The van der Waals surface area contributed by atoms with E-state index in [1.807, 2.05) is 36.4 Å². The highest BCUT2D eigenvalue weighted by atomic mass is 16.5. The first-order valence-corrected chi connectivity index (χ1v) is 11.2. The van der Waals surface area contributed by atoms with Crippen molar-refractivity contribution < 1.29 is 29.0 Å². The van der Waals surface area contributed by atoms with Crippen LogP contribution in [0.25, 0.3) is 11.1 Å². The molecule has 0 saturated carbocycles. The molecule has 0 aliphatic heterocycles. The Morgan fingerprint density at radius 1 is 0.914 bits per heavy atom. The zero-order valence-corrected chi connectivity index (χ0v) is 19.4. The first-order chi connectivity index (χ1) is 16.9. The average molecular weight is 475 g/mol. The Bertz CT molecular complexity index is 1190. The summed E-state index contributed by atoms with van der Waals surface area (Å²) in [5, 5.41) is 14.4. The number of hydrogen-bond acceptors (Lipinski definition) is 5. The third-order valence-electron chi connectivity index (χ3n) is 6.13. The summed E-state index contributed by atoms with van der Waals surface area (Å²) in [6.07, 6.45) is -1.31. The molecule has 0 radical (unpaired) electrons. The molecule has 35 heavy (non-hydrogen) atoms. The summed E-state index contributed by atoms with van der Waals surface area (Å²) in [4.78, 5) is 36.2. The van der Waals surface area contributed by atoms with Crippen LogP contribution in [0, 0.1) is 0 Å². The molecule has 180 valence electrons. The van der Waals surface area contributed by atoms with Gasteiger partial charge in [-0.2, -0.15) is 0 Å². The number of amides is 2. The maximum atomic E-state index is 12.4. The molecule has 1 aliphatic carbocycles. The van der Waals surface area contributed by atoms with Crippen LogP contribution in [-0.2, 0) is 14.3 Å². The van der Waals surface area contributed by atoms with E-state index in [1.165, 1.54) is 19.2 Å². The van der Waals surface area contributed by atoms with Crippen LogP contribution >= 0.6 is 0 Å². The molecule has 0 bridgehead atoms. The second kappa shape index (κ2) is 10.4. The van der Waals surface area contributed by atoms with E-state index in [-0.39, 0.29) is 18.1 Å². The van der Waals surface area contributed by atoms with Crippen molar-refractivity contribution in [3.8, 4) is 11.1 Å². The molecule has 0 saturated heterocycles. The molecule has 0 aromatic heterocycles. The fraction of sp³-hybridized carbons (Fsp3) is 0.222. The van der Waals surface area contributed by atoms with Gasteiger partial charge in [-0.3, -0.25) is 10.1 Å². The predicted octanol–water partition coefficient (Wildman–Crippen LogP) is 4.27. The van der Waals surface area contributed by atoms with E-state index in [2.05, 4.69) is 22.8 Å². The van der Waals surface area contributed by atoms with Crippen molar-refractivity contribution in [2.24, 2.45) is 0 Å². The van der Waals surface area contributed by atoms with Crippen molar-refractivity contribution in [2.75, 3.05) is 19.0 Å². The fourth-order valence-electron chi connectivity index (χ4n) is 4.20. The number of benzene rings is 3. The average Bonchev–Trinajstić information content (AvgIpc) is 3.19. The summed E-state index contributed by atoms with van der Waals surface area (Å²) in [5.41, 5.74) is 5.24. The normalized spacial score (nSPS) is 13.8. The van der Waals surface area contributed by atoms with Crippen molar-refractivity contribution in [2.45, 2.75) is 25.0 Å². The second-order valence-corrected chi connectivity index (χ2v) is 8.26. The van der Waals surface area contributed by atoms with Gasteiger partial charge in [-0.05, 0) is 53.4 Å². The van der Waals surface area contributed by atoms with E-state index in [1.54, 1.807) is 19.1 Å². The van der Waals surface area contributed by atoms with Crippen LogP contribution < -0.4 is 10.6 Å². The maximum absolute atomic E-state index is 12.4. The molecule has 2 atom stereocenters. The molecule has 1 aliphatic rings. The van der Waals surface area contributed by atoms with Crippen LogP contribution in [0.1, 0.15) is 34.3 Å². The number of nitrogens with one attached hydrogen (secondary N) is 2. The first kappa shape index (κ1) is 24.0. The Balaban J connectivity index is 1.36. The number of ether oxygens (including phenoxy) is 2. The lowest BCUT2D eigenvalue weighted by Gasteiger charge is -2.20. The number of fused-ring (bicyclic) bond motifs is 3. The summed E-state index contributed by atoms with van der Waals surface area (Å²) >= 11 is 0. The molecule has 4 rings (SSSR count). The highest BCUT2D eigenvalue weighted by molar-refractivity contribution is 5.97. The third kappa shape index (κ3) is 5.17. The van der Waals surface area contributed by atoms with Gasteiger partial charge in [0.25, 0.3) is 5.91 Å². The molecule has 8 nitrogen and oxygen atoms in total. The van der Waals surface area contributed by atoms with Crippen LogP contribution in [0.5, 0.6) is 0 Å². The minimum Gasteiger partial charge on any atom is -0.480 e. The van der Waals surface area contributed by atoms with Crippen LogP contribution in [-0.4, -0.2) is 48.9 Å². The summed E-state index contributed by atoms with van der Waals surface area (Å²) in [5.74, 6) is -1.80. The molecule has 0 spiro atoms. The van der Waals surface area contributed by atoms with Gasteiger partial charge in [0.05, 0.1) is 6.10 Å². The van der Waals surface area contributed by atoms with Gasteiger partial charge in [0.15, 0.2) is 6.04 Å². The number of carbonyl (C=O) groups is 3. The molecule has 0 fully saturated rings. The van der Waals surface area contributed by atoms with E-state index >= 15 is 0 Å². The SMILES string of the molecule is CO[C@H](C)[C@H](NC(=O)c1ccc(NC(=O)OCC2c3ccccc3-c3ccccc32)cc1)C(=O)O. The predicted molar refractivity (Wildman–Crippen MR) is 130 cm³/mol. The Morgan fingerprint density at radius 2 is 1.49 bits per heavy atom. The zero-order chi connectivity index (χ0) is 24.9. The zero-order valence-electron chi connectivity index (χ0n) is 19.4. The standard InChI is InChI=1S/C27H26N2O6/c1-16(34-2)24(26(31)32)29-25(30)17-11-13-18(14-12-17)28-27(33)35-15-23-21-9-5-3-7-19(21)20-8-4-6-10-22(20)23/h3-14,16,23-24H,15H2,1-2H3,(H,28,33)(H,29,30)(H,31,32)/t16-,24+/m1/s1. The lowest BCUT2D eigenvalue weighted by molar-refractivity contribution is -0.142. The van der Waals surface area contributed by atoms with Crippen molar-refractivity contribution in [3.05, 3.63) is 89.5 Å². The second-order valence-electron chi connectivity index (χ2n) is 8.26. The molecule has 3 aromatic carbocycles. The molecular weight excluding hydrogens is 448 g/mol.